The van der Waals surface area contributed by atoms with Gasteiger partial charge < -0.3 is 19.7 Å². The van der Waals surface area contributed by atoms with E-state index in [0.29, 0.717) is 31.1 Å². The molecular formula is C20H43IN4O2. The summed E-state index contributed by atoms with van der Waals surface area (Å²) < 4.78 is 10.7. The standard InChI is InChI=1S/C20H42N4O2.HI/c1-7-23(8-2)19(13-17(3)4)14-22-20(21-5)24-10-9-18(15-24)16-26-12-11-25-6;/h17-19H,7-16H2,1-6H3,(H,21,22);1H. The van der Waals surface area contributed by atoms with Gasteiger partial charge in [0.25, 0.3) is 0 Å². The summed E-state index contributed by atoms with van der Waals surface area (Å²) in [4.78, 5) is 9.45. The van der Waals surface area contributed by atoms with Crippen molar-refractivity contribution in [1.82, 2.24) is 15.1 Å². The van der Waals surface area contributed by atoms with Crippen LogP contribution in [-0.2, 0) is 9.47 Å². The molecule has 0 aromatic rings. The highest BCUT2D eigenvalue weighted by atomic mass is 127. The van der Waals surface area contributed by atoms with Crippen LogP contribution in [0.2, 0.25) is 0 Å². The molecule has 0 aromatic carbocycles. The van der Waals surface area contributed by atoms with E-state index in [9.17, 15) is 0 Å². The number of nitrogens with one attached hydrogen (secondary N) is 1. The van der Waals surface area contributed by atoms with E-state index < -0.39 is 0 Å². The van der Waals surface area contributed by atoms with E-state index in [-0.39, 0.29) is 24.0 Å². The van der Waals surface area contributed by atoms with Crippen LogP contribution in [0.15, 0.2) is 4.99 Å². The van der Waals surface area contributed by atoms with Crippen LogP contribution in [-0.4, -0.2) is 88.5 Å². The Kier molecular flexibility index (Phi) is 15.7. The van der Waals surface area contributed by atoms with Gasteiger partial charge in [-0.1, -0.05) is 27.7 Å². The van der Waals surface area contributed by atoms with Gasteiger partial charge in [0.1, 0.15) is 0 Å². The van der Waals surface area contributed by atoms with Gasteiger partial charge in [0.2, 0.25) is 0 Å². The molecule has 0 radical (unpaired) electrons. The van der Waals surface area contributed by atoms with E-state index in [2.05, 4.69) is 47.8 Å². The van der Waals surface area contributed by atoms with Crippen molar-refractivity contribution in [1.29, 1.82) is 0 Å². The minimum atomic E-state index is 0. The molecule has 0 aromatic heterocycles. The van der Waals surface area contributed by atoms with Crippen molar-refractivity contribution >= 4 is 29.9 Å². The molecule has 7 heteroatoms. The minimum absolute atomic E-state index is 0. The van der Waals surface area contributed by atoms with E-state index >= 15 is 0 Å². The third-order valence-electron chi connectivity index (χ3n) is 5.15. The number of rotatable bonds is 12. The van der Waals surface area contributed by atoms with Gasteiger partial charge in [0.15, 0.2) is 5.96 Å². The van der Waals surface area contributed by atoms with E-state index in [0.717, 1.165) is 45.3 Å². The molecular weight excluding hydrogens is 455 g/mol. The topological polar surface area (TPSA) is 49.3 Å². The van der Waals surface area contributed by atoms with Crippen molar-refractivity contribution in [2.45, 2.75) is 46.6 Å². The lowest BCUT2D eigenvalue weighted by atomic mass is 10.0. The fraction of sp³-hybridized carbons (Fsp3) is 0.950. The zero-order valence-electron chi connectivity index (χ0n) is 18.4. The quantitative estimate of drug-likeness (QED) is 0.194. The Morgan fingerprint density at radius 1 is 1.26 bits per heavy atom. The van der Waals surface area contributed by atoms with Crippen LogP contribution >= 0.6 is 24.0 Å². The van der Waals surface area contributed by atoms with Crippen molar-refractivity contribution in [3.05, 3.63) is 0 Å². The van der Waals surface area contributed by atoms with Crippen LogP contribution in [0.4, 0.5) is 0 Å². The average molecular weight is 498 g/mol. The van der Waals surface area contributed by atoms with Gasteiger partial charge in [-0.05, 0) is 31.8 Å². The number of methoxy groups -OCH3 is 1. The summed E-state index contributed by atoms with van der Waals surface area (Å²) in [5, 5.41) is 3.64. The fourth-order valence-electron chi connectivity index (χ4n) is 3.74. The molecule has 27 heavy (non-hydrogen) atoms. The number of likely N-dealkylation sites (tertiary alicyclic amines) is 1. The van der Waals surface area contributed by atoms with Gasteiger partial charge in [-0.2, -0.15) is 0 Å². The predicted molar refractivity (Wildman–Crippen MR) is 125 cm³/mol. The average Bonchev–Trinajstić information content (AvgIpc) is 3.08. The second-order valence-electron chi connectivity index (χ2n) is 7.60. The van der Waals surface area contributed by atoms with Gasteiger partial charge in [-0.25, -0.2) is 0 Å². The maximum absolute atomic E-state index is 5.70. The molecule has 162 valence electrons. The number of nitrogens with zero attached hydrogens (tertiary/aromatic N) is 3. The van der Waals surface area contributed by atoms with E-state index in [4.69, 9.17) is 9.47 Å². The van der Waals surface area contributed by atoms with Gasteiger partial charge in [0.05, 0.1) is 19.8 Å². The Morgan fingerprint density at radius 2 is 1.96 bits per heavy atom. The number of guanidine groups is 1. The molecule has 0 aliphatic carbocycles. The summed E-state index contributed by atoms with van der Waals surface area (Å²) in [5.41, 5.74) is 0. The van der Waals surface area contributed by atoms with Crippen molar-refractivity contribution in [3.63, 3.8) is 0 Å². The molecule has 1 saturated heterocycles. The molecule has 0 saturated carbocycles. The number of ether oxygens (including phenoxy) is 2. The van der Waals surface area contributed by atoms with Crippen LogP contribution in [0.1, 0.15) is 40.5 Å². The highest BCUT2D eigenvalue weighted by Gasteiger charge is 2.26. The van der Waals surface area contributed by atoms with E-state index in [1.54, 1.807) is 7.11 Å². The van der Waals surface area contributed by atoms with Gasteiger partial charge in [0, 0.05) is 45.8 Å². The van der Waals surface area contributed by atoms with Crippen molar-refractivity contribution in [3.8, 4) is 0 Å². The van der Waals surface area contributed by atoms with Gasteiger partial charge in [-0.15, -0.1) is 24.0 Å². The Bertz CT molecular complexity index is 392. The van der Waals surface area contributed by atoms with Crippen LogP contribution in [0.3, 0.4) is 0 Å². The molecule has 6 nitrogen and oxygen atoms in total. The first-order valence-electron chi connectivity index (χ1n) is 10.3. The monoisotopic (exact) mass is 498 g/mol. The minimum Gasteiger partial charge on any atom is -0.382 e. The Hall–Kier alpha value is -0.120. The maximum Gasteiger partial charge on any atom is 0.193 e. The highest BCUT2D eigenvalue weighted by Crippen LogP contribution is 2.17. The van der Waals surface area contributed by atoms with Crippen molar-refractivity contribution in [2.24, 2.45) is 16.8 Å². The van der Waals surface area contributed by atoms with Crippen LogP contribution in [0.25, 0.3) is 0 Å². The third kappa shape index (κ3) is 10.3. The van der Waals surface area contributed by atoms with Crippen LogP contribution < -0.4 is 5.32 Å². The third-order valence-corrected chi connectivity index (χ3v) is 5.15. The lowest BCUT2D eigenvalue weighted by Gasteiger charge is -2.32. The highest BCUT2D eigenvalue weighted by molar-refractivity contribution is 14.0. The second kappa shape index (κ2) is 15.8. The summed E-state index contributed by atoms with van der Waals surface area (Å²) in [6.45, 7) is 16.5. The Labute approximate surface area is 184 Å². The molecule has 2 unspecified atom stereocenters. The first-order chi connectivity index (χ1) is 12.5. The molecule has 0 amide bonds. The molecule has 0 spiro atoms. The molecule has 0 bridgehead atoms. The SMILES string of the molecule is CCN(CC)C(CNC(=NC)N1CCC(COCCOC)C1)CC(C)C.I. The molecule has 1 aliphatic heterocycles. The van der Waals surface area contributed by atoms with Gasteiger partial charge in [-0.3, -0.25) is 9.89 Å². The summed E-state index contributed by atoms with van der Waals surface area (Å²) in [6, 6.07) is 0.553. The lowest BCUT2D eigenvalue weighted by molar-refractivity contribution is 0.0536. The first kappa shape index (κ1) is 26.9. The zero-order valence-corrected chi connectivity index (χ0v) is 20.7. The predicted octanol–water partition coefficient (Wildman–Crippen LogP) is 2.92. The van der Waals surface area contributed by atoms with Crippen molar-refractivity contribution in [2.75, 3.05) is 66.7 Å². The molecule has 2 atom stereocenters. The molecule has 1 fully saturated rings. The lowest BCUT2D eigenvalue weighted by Crippen LogP contribution is -2.48. The molecule has 1 aliphatic rings. The number of hydrogen-bond donors (Lipinski definition) is 1. The Balaban J connectivity index is 0.00000676. The van der Waals surface area contributed by atoms with E-state index in [1.165, 1.54) is 12.8 Å². The van der Waals surface area contributed by atoms with E-state index in [1.807, 2.05) is 7.05 Å². The van der Waals surface area contributed by atoms with Gasteiger partial charge >= 0.3 is 0 Å². The van der Waals surface area contributed by atoms with Crippen molar-refractivity contribution < 1.29 is 9.47 Å². The number of halogens is 1. The largest absolute Gasteiger partial charge is 0.382 e. The summed E-state index contributed by atoms with van der Waals surface area (Å²) in [7, 11) is 3.60. The number of aliphatic imine (C=N–C) groups is 1. The zero-order chi connectivity index (χ0) is 19.4. The summed E-state index contributed by atoms with van der Waals surface area (Å²) in [6.07, 6.45) is 2.38. The maximum atomic E-state index is 5.70. The molecule has 1 rings (SSSR count). The number of hydrogen-bond acceptors (Lipinski definition) is 4. The van der Waals surface area contributed by atoms with Crippen LogP contribution in [0, 0.1) is 11.8 Å². The van der Waals surface area contributed by atoms with Crippen LogP contribution in [0.5, 0.6) is 0 Å². The smallest absolute Gasteiger partial charge is 0.193 e. The normalized spacial score (nSPS) is 18.9. The second-order valence-corrected chi connectivity index (χ2v) is 7.60. The first-order valence-corrected chi connectivity index (χ1v) is 10.3. The Morgan fingerprint density at radius 3 is 2.52 bits per heavy atom. The fourth-order valence-corrected chi connectivity index (χ4v) is 3.74. The summed E-state index contributed by atoms with van der Waals surface area (Å²) >= 11 is 0. The summed E-state index contributed by atoms with van der Waals surface area (Å²) in [5.74, 6) is 2.31. The number of likely N-dealkylation sites (N-methyl/N-ethyl adjacent to an activating group) is 1. The molecule has 1 N–H and O–H groups in total. The molecule has 1 heterocycles.